The monoisotopic (exact) mass is 365 g/mol. The van der Waals surface area contributed by atoms with E-state index in [0.29, 0.717) is 22.6 Å². The fourth-order valence-electron chi connectivity index (χ4n) is 2.93. The number of nitrogens with zero attached hydrogens (tertiary/aromatic N) is 3. The lowest BCUT2D eigenvalue weighted by Crippen LogP contribution is -2.08. The van der Waals surface area contributed by atoms with E-state index >= 15 is 0 Å². The Morgan fingerprint density at radius 2 is 1.81 bits per heavy atom. The third-order valence-corrected chi connectivity index (χ3v) is 4.17. The zero-order valence-electron chi connectivity index (χ0n) is 15.3. The molecule has 7 heteroatoms. The average Bonchev–Trinajstić information content (AvgIpc) is 2.99. The van der Waals surface area contributed by atoms with Crippen LogP contribution in [-0.2, 0) is 4.74 Å². The van der Waals surface area contributed by atoms with Crippen LogP contribution in [0.4, 0.5) is 5.69 Å². The van der Waals surface area contributed by atoms with E-state index in [1.807, 2.05) is 31.2 Å². The van der Waals surface area contributed by atoms with Crippen LogP contribution in [0.15, 0.2) is 48.5 Å². The van der Waals surface area contributed by atoms with Gasteiger partial charge in [0.25, 0.3) is 5.69 Å². The molecule has 0 aliphatic rings. The Hall–Kier alpha value is -3.48. The smallest absolute Gasteiger partial charge is 0.342 e. The van der Waals surface area contributed by atoms with Crippen molar-refractivity contribution in [3.63, 3.8) is 0 Å². The molecule has 0 spiro atoms. The Morgan fingerprint density at radius 1 is 1.15 bits per heavy atom. The molecule has 0 unspecified atom stereocenters. The Labute approximate surface area is 156 Å². The molecule has 0 aliphatic heterocycles. The van der Waals surface area contributed by atoms with Crippen LogP contribution in [0.2, 0.25) is 0 Å². The molecule has 3 aromatic rings. The van der Waals surface area contributed by atoms with E-state index in [4.69, 9.17) is 4.74 Å². The molecular weight excluding hydrogens is 346 g/mol. The lowest BCUT2D eigenvalue weighted by molar-refractivity contribution is -0.384. The van der Waals surface area contributed by atoms with E-state index in [0.717, 1.165) is 5.56 Å². The van der Waals surface area contributed by atoms with Gasteiger partial charge in [-0.25, -0.2) is 9.48 Å². The molecule has 27 heavy (non-hydrogen) atoms. The van der Waals surface area contributed by atoms with Crippen molar-refractivity contribution in [2.24, 2.45) is 0 Å². The van der Waals surface area contributed by atoms with Gasteiger partial charge < -0.3 is 4.74 Å². The van der Waals surface area contributed by atoms with E-state index in [2.05, 4.69) is 5.10 Å². The Kier molecular flexibility index (Phi) is 5.03. The summed E-state index contributed by atoms with van der Waals surface area (Å²) in [5.41, 5.74) is 3.01. The number of aromatic nitrogens is 2. The van der Waals surface area contributed by atoms with Crippen molar-refractivity contribution in [1.29, 1.82) is 0 Å². The first kappa shape index (κ1) is 18.3. The molecule has 0 amide bonds. The number of carbonyl (C=O) groups excluding carboxylic acids is 1. The number of aryl methyl sites for hydroxylation is 2. The Balaban J connectivity index is 2.34. The second-order valence-corrected chi connectivity index (χ2v) is 6.05. The van der Waals surface area contributed by atoms with Crippen molar-refractivity contribution in [3.05, 3.63) is 75.5 Å². The molecule has 0 bridgehead atoms. The highest BCUT2D eigenvalue weighted by atomic mass is 16.6. The second kappa shape index (κ2) is 7.41. The summed E-state index contributed by atoms with van der Waals surface area (Å²) in [7, 11) is 0. The Morgan fingerprint density at radius 3 is 2.44 bits per heavy atom. The zero-order chi connectivity index (χ0) is 19.6. The molecule has 0 aliphatic carbocycles. The summed E-state index contributed by atoms with van der Waals surface area (Å²) in [6.45, 7) is 5.56. The first-order valence-corrected chi connectivity index (χ1v) is 8.51. The summed E-state index contributed by atoms with van der Waals surface area (Å²) in [4.78, 5) is 23.7. The minimum Gasteiger partial charge on any atom is -0.462 e. The quantitative estimate of drug-likeness (QED) is 0.383. The summed E-state index contributed by atoms with van der Waals surface area (Å²) < 4.78 is 6.74. The van der Waals surface area contributed by atoms with Gasteiger partial charge in [-0.3, -0.25) is 10.1 Å². The third-order valence-electron chi connectivity index (χ3n) is 4.17. The van der Waals surface area contributed by atoms with Gasteiger partial charge in [-0.15, -0.1) is 0 Å². The standard InChI is InChI=1S/C20H19N3O4/c1-4-27-20(24)18-14(3)21-22(15-11-9-13(2)10-12-15)19(18)16-7-5-6-8-17(16)23(25)26/h5-12H,4H2,1-3H3. The van der Waals surface area contributed by atoms with Gasteiger partial charge in [0, 0.05) is 6.07 Å². The van der Waals surface area contributed by atoms with Crippen LogP contribution < -0.4 is 0 Å². The van der Waals surface area contributed by atoms with Crippen molar-refractivity contribution in [2.45, 2.75) is 20.8 Å². The summed E-state index contributed by atoms with van der Waals surface area (Å²) in [6, 6.07) is 13.8. The van der Waals surface area contributed by atoms with Crippen LogP contribution >= 0.6 is 0 Å². The molecule has 0 N–H and O–H groups in total. The average molecular weight is 365 g/mol. The molecule has 0 atom stereocenters. The molecule has 0 saturated carbocycles. The summed E-state index contributed by atoms with van der Waals surface area (Å²) in [6.07, 6.45) is 0. The van der Waals surface area contributed by atoms with Gasteiger partial charge in [0.2, 0.25) is 0 Å². The number of hydrogen-bond acceptors (Lipinski definition) is 5. The van der Waals surface area contributed by atoms with Gasteiger partial charge in [-0.05, 0) is 39.0 Å². The van der Waals surface area contributed by atoms with Crippen molar-refractivity contribution >= 4 is 11.7 Å². The molecule has 2 aromatic carbocycles. The lowest BCUT2D eigenvalue weighted by atomic mass is 10.0. The van der Waals surface area contributed by atoms with Crippen LogP contribution in [-0.4, -0.2) is 27.3 Å². The minimum absolute atomic E-state index is 0.101. The van der Waals surface area contributed by atoms with Crippen LogP contribution in [0.3, 0.4) is 0 Å². The molecule has 7 nitrogen and oxygen atoms in total. The molecule has 1 heterocycles. The molecule has 0 fully saturated rings. The molecular formula is C20H19N3O4. The number of para-hydroxylation sites is 1. The van der Waals surface area contributed by atoms with E-state index in [1.54, 1.807) is 36.7 Å². The summed E-state index contributed by atoms with van der Waals surface area (Å²) in [5.74, 6) is -0.554. The number of nitro groups is 1. The maximum Gasteiger partial charge on any atom is 0.342 e. The number of esters is 1. The van der Waals surface area contributed by atoms with E-state index in [9.17, 15) is 14.9 Å². The highest BCUT2D eigenvalue weighted by Crippen LogP contribution is 2.35. The van der Waals surface area contributed by atoms with Crippen LogP contribution in [0.5, 0.6) is 0 Å². The predicted octanol–water partition coefficient (Wildman–Crippen LogP) is 4.24. The van der Waals surface area contributed by atoms with Gasteiger partial charge in [-0.2, -0.15) is 5.10 Å². The SMILES string of the molecule is CCOC(=O)c1c(C)nn(-c2ccc(C)cc2)c1-c1ccccc1[N+](=O)[O-]. The molecule has 0 saturated heterocycles. The van der Waals surface area contributed by atoms with Crippen molar-refractivity contribution in [2.75, 3.05) is 6.61 Å². The van der Waals surface area contributed by atoms with Gasteiger partial charge in [-0.1, -0.05) is 29.8 Å². The number of carbonyl (C=O) groups is 1. The maximum atomic E-state index is 12.6. The molecule has 1 aromatic heterocycles. The van der Waals surface area contributed by atoms with E-state index in [1.165, 1.54) is 6.07 Å². The van der Waals surface area contributed by atoms with Crippen LogP contribution in [0, 0.1) is 24.0 Å². The lowest BCUT2D eigenvalue weighted by Gasteiger charge is -2.10. The molecule has 0 radical (unpaired) electrons. The topological polar surface area (TPSA) is 87.3 Å². The van der Waals surface area contributed by atoms with Gasteiger partial charge in [0.1, 0.15) is 5.56 Å². The van der Waals surface area contributed by atoms with E-state index < -0.39 is 10.9 Å². The number of hydrogen-bond donors (Lipinski definition) is 0. The number of benzene rings is 2. The molecule has 3 rings (SSSR count). The van der Waals surface area contributed by atoms with Gasteiger partial charge in [0.15, 0.2) is 0 Å². The highest BCUT2D eigenvalue weighted by molar-refractivity contribution is 5.99. The summed E-state index contributed by atoms with van der Waals surface area (Å²) >= 11 is 0. The minimum atomic E-state index is -0.554. The number of ether oxygens (including phenoxy) is 1. The normalized spacial score (nSPS) is 10.6. The number of nitro benzene ring substituents is 1. The van der Waals surface area contributed by atoms with Crippen molar-refractivity contribution in [1.82, 2.24) is 9.78 Å². The second-order valence-electron chi connectivity index (χ2n) is 6.05. The first-order valence-electron chi connectivity index (χ1n) is 8.51. The van der Waals surface area contributed by atoms with Crippen molar-refractivity contribution in [3.8, 4) is 16.9 Å². The van der Waals surface area contributed by atoms with E-state index in [-0.39, 0.29) is 17.9 Å². The predicted molar refractivity (Wildman–Crippen MR) is 101 cm³/mol. The van der Waals surface area contributed by atoms with Crippen LogP contribution in [0.25, 0.3) is 16.9 Å². The largest absolute Gasteiger partial charge is 0.462 e. The van der Waals surface area contributed by atoms with Gasteiger partial charge >= 0.3 is 5.97 Å². The first-order chi connectivity index (χ1) is 12.9. The number of rotatable bonds is 5. The summed E-state index contributed by atoms with van der Waals surface area (Å²) in [5, 5.41) is 16.0. The zero-order valence-corrected chi connectivity index (χ0v) is 15.3. The fraction of sp³-hybridized carbons (Fsp3) is 0.200. The Bertz CT molecular complexity index is 1010. The van der Waals surface area contributed by atoms with Crippen molar-refractivity contribution < 1.29 is 14.5 Å². The highest BCUT2D eigenvalue weighted by Gasteiger charge is 2.29. The molecule has 138 valence electrons. The van der Waals surface area contributed by atoms with Gasteiger partial charge in [0.05, 0.1) is 34.2 Å². The fourth-order valence-corrected chi connectivity index (χ4v) is 2.93. The van der Waals surface area contributed by atoms with Crippen LogP contribution in [0.1, 0.15) is 28.5 Å². The maximum absolute atomic E-state index is 12.6. The third kappa shape index (κ3) is 3.44.